The monoisotopic (exact) mass is 255 g/mol. The van der Waals surface area contributed by atoms with Crippen molar-refractivity contribution in [1.29, 1.82) is 0 Å². The number of Topliss-reactive ketones (excluding diaryl/α,β-unsaturated/α-hetero) is 1. The molecule has 1 rings (SSSR count). The number of nitrogens with zero attached hydrogens (tertiary/aromatic N) is 1. The predicted octanol–water partition coefficient (Wildman–Crippen LogP) is 2.27. The second-order valence-corrected chi connectivity index (χ2v) is 4.39. The van der Waals surface area contributed by atoms with Crippen LogP contribution in [0.25, 0.3) is 0 Å². The molecule has 1 aromatic rings. The van der Waals surface area contributed by atoms with E-state index in [4.69, 9.17) is 5.11 Å². The molecule has 1 aromatic carbocycles. The molecule has 1 N–H and O–H groups in total. The van der Waals surface area contributed by atoms with Gasteiger partial charge in [-0.3, -0.25) is 14.9 Å². The molecule has 0 spiro atoms. The van der Waals surface area contributed by atoms with E-state index in [1.54, 1.807) is 19.1 Å². The van der Waals surface area contributed by atoms with Gasteiger partial charge in [-0.1, -0.05) is 13.0 Å². The first-order valence-electron chi connectivity index (χ1n) is 5.16. The van der Waals surface area contributed by atoms with E-state index in [1.165, 1.54) is 17.8 Å². The standard InChI is InChI=1S/C11H13NO4S/c1-2-9(14)8-4-3-5-10(17-7-6-13)11(8)12(15)16/h3-5,13H,2,6-7H2,1H3. The molecular formula is C11H13NO4S. The van der Waals surface area contributed by atoms with Crippen molar-refractivity contribution in [2.75, 3.05) is 12.4 Å². The van der Waals surface area contributed by atoms with Crippen molar-refractivity contribution in [2.24, 2.45) is 0 Å². The van der Waals surface area contributed by atoms with Crippen LogP contribution in [-0.2, 0) is 0 Å². The highest BCUT2D eigenvalue weighted by Crippen LogP contribution is 2.32. The van der Waals surface area contributed by atoms with E-state index < -0.39 is 4.92 Å². The fourth-order valence-corrected chi connectivity index (χ4v) is 2.21. The van der Waals surface area contributed by atoms with Gasteiger partial charge in [-0.25, -0.2) is 0 Å². The summed E-state index contributed by atoms with van der Waals surface area (Å²) in [5.74, 6) is 0.119. The summed E-state index contributed by atoms with van der Waals surface area (Å²) >= 11 is 1.17. The number of thioether (sulfide) groups is 1. The molecule has 0 heterocycles. The maximum absolute atomic E-state index is 11.6. The largest absolute Gasteiger partial charge is 0.396 e. The first-order valence-corrected chi connectivity index (χ1v) is 6.14. The molecule has 0 saturated heterocycles. The van der Waals surface area contributed by atoms with Crippen LogP contribution in [0, 0.1) is 10.1 Å². The summed E-state index contributed by atoms with van der Waals surface area (Å²) in [6.45, 7) is 1.60. The van der Waals surface area contributed by atoms with E-state index in [9.17, 15) is 14.9 Å². The molecular weight excluding hydrogens is 242 g/mol. The lowest BCUT2D eigenvalue weighted by molar-refractivity contribution is -0.388. The van der Waals surface area contributed by atoms with Crippen molar-refractivity contribution in [2.45, 2.75) is 18.2 Å². The third-order valence-corrected chi connectivity index (χ3v) is 3.18. The number of ketones is 1. The second kappa shape index (κ2) is 6.36. The summed E-state index contributed by atoms with van der Waals surface area (Å²) < 4.78 is 0. The first-order chi connectivity index (χ1) is 8.11. The zero-order valence-corrected chi connectivity index (χ0v) is 10.2. The van der Waals surface area contributed by atoms with Gasteiger partial charge in [0.25, 0.3) is 5.69 Å². The van der Waals surface area contributed by atoms with Crippen LogP contribution in [0.5, 0.6) is 0 Å². The molecule has 0 fully saturated rings. The zero-order chi connectivity index (χ0) is 12.8. The number of aliphatic hydroxyl groups is 1. The Balaban J connectivity index is 3.22. The number of hydrogen-bond acceptors (Lipinski definition) is 5. The molecule has 0 radical (unpaired) electrons. The van der Waals surface area contributed by atoms with Crippen LogP contribution >= 0.6 is 11.8 Å². The fraction of sp³-hybridized carbons (Fsp3) is 0.364. The van der Waals surface area contributed by atoms with Crippen LogP contribution in [-0.4, -0.2) is 28.2 Å². The van der Waals surface area contributed by atoms with Gasteiger partial charge in [-0.15, -0.1) is 11.8 Å². The Hall–Kier alpha value is -1.40. The van der Waals surface area contributed by atoms with Crippen molar-refractivity contribution in [3.8, 4) is 0 Å². The summed E-state index contributed by atoms with van der Waals surface area (Å²) in [5.41, 5.74) is -0.0155. The SMILES string of the molecule is CCC(=O)c1cccc(SCCO)c1[N+](=O)[O-]. The summed E-state index contributed by atoms with van der Waals surface area (Å²) in [6.07, 6.45) is 0.231. The smallest absolute Gasteiger partial charge is 0.293 e. The summed E-state index contributed by atoms with van der Waals surface area (Å²) in [6, 6.07) is 4.67. The number of aliphatic hydroxyl groups excluding tert-OH is 1. The molecule has 0 aliphatic heterocycles. The molecule has 17 heavy (non-hydrogen) atoms. The van der Waals surface area contributed by atoms with Crippen LogP contribution in [0.15, 0.2) is 23.1 Å². The number of carbonyl (C=O) groups is 1. The molecule has 0 unspecified atom stereocenters. The van der Waals surface area contributed by atoms with Crippen molar-refractivity contribution < 1.29 is 14.8 Å². The number of para-hydroxylation sites is 1. The summed E-state index contributed by atoms with van der Waals surface area (Å²) in [7, 11) is 0. The Morgan fingerprint density at radius 3 is 2.76 bits per heavy atom. The maximum Gasteiger partial charge on any atom is 0.293 e. The van der Waals surface area contributed by atoms with Crippen molar-refractivity contribution in [1.82, 2.24) is 0 Å². The molecule has 0 aliphatic carbocycles. The van der Waals surface area contributed by atoms with Gasteiger partial charge in [-0.2, -0.15) is 0 Å². The molecule has 5 nitrogen and oxygen atoms in total. The quantitative estimate of drug-likeness (QED) is 0.365. The highest BCUT2D eigenvalue weighted by atomic mass is 32.2. The minimum Gasteiger partial charge on any atom is -0.396 e. The maximum atomic E-state index is 11.6. The van der Waals surface area contributed by atoms with Crippen molar-refractivity contribution in [3.05, 3.63) is 33.9 Å². The number of benzene rings is 1. The Kier molecular flexibility index (Phi) is 5.11. The van der Waals surface area contributed by atoms with Crippen LogP contribution in [0.3, 0.4) is 0 Å². The number of carbonyl (C=O) groups excluding carboxylic acids is 1. The van der Waals surface area contributed by atoms with Crippen molar-refractivity contribution >= 4 is 23.2 Å². The fourth-order valence-electron chi connectivity index (χ4n) is 1.40. The minimum absolute atomic E-state index is 0.0617. The van der Waals surface area contributed by atoms with Crippen LogP contribution < -0.4 is 0 Å². The van der Waals surface area contributed by atoms with Crippen LogP contribution in [0.1, 0.15) is 23.7 Å². The van der Waals surface area contributed by atoms with E-state index in [0.29, 0.717) is 10.6 Å². The molecule has 6 heteroatoms. The van der Waals surface area contributed by atoms with Gasteiger partial charge in [0.2, 0.25) is 0 Å². The van der Waals surface area contributed by atoms with Crippen molar-refractivity contribution in [3.63, 3.8) is 0 Å². The highest BCUT2D eigenvalue weighted by Gasteiger charge is 2.23. The second-order valence-electron chi connectivity index (χ2n) is 3.26. The normalized spacial score (nSPS) is 10.2. The van der Waals surface area contributed by atoms with Crippen LogP contribution in [0.4, 0.5) is 5.69 Å². The van der Waals surface area contributed by atoms with E-state index in [0.717, 1.165) is 0 Å². The van der Waals surface area contributed by atoms with Gasteiger partial charge in [0.15, 0.2) is 5.78 Å². The van der Waals surface area contributed by atoms with Gasteiger partial charge in [0.05, 0.1) is 22.0 Å². The lowest BCUT2D eigenvalue weighted by Gasteiger charge is -2.05. The molecule has 0 saturated carbocycles. The lowest BCUT2D eigenvalue weighted by atomic mass is 10.1. The topological polar surface area (TPSA) is 80.4 Å². The number of nitro benzene ring substituents is 1. The van der Waals surface area contributed by atoms with Gasteiger partial charge in [0, 0.05) is 12.2 Å². The lowest BCUT2D eigenvalue weighted by Crippen LogP contribution is -2.04. The van der Waals surface area contributed by atoms with E-state index >= 15 is 0 Å². The molecule has 0 aliphatic rings. The van der Waals surface area contributed by atoms with Gasteiger partial charge >= 0.3 is 0 Å². The highest BCUT2D eigenvalue weighted by molar-refractivity contribution is 7.99. The zero-order valence-electron chi connectivity index (χ0n) is 9.38. The van der Waals surface area contributed by atoms with Gasteiger partial charge < -0.3 is 5.11 Å². The predicted molar refractivity (Wildman–Crippen MR) is 65.5 cm³/mol. The molecule has 92 valence electrons. The number of hydrogen-bond donors (Lipinski definition) is 1. The van der Waals surface area contributed by atoms with E-state index in [-0.39, 0.29) is 30.1 Å². The molecule has 0 atom stereocenters. The molecule has 0 amide bonds. The summed E-state index contributed by atoms with van der Waals surface area (Å²) in [4.78, 5) is 22.5. The Morgan fingerprint density at radius 2 is 2.24 bits per heavy atom. The van der Waals surface area contributed by atoms with Gasteiger partial charge in [0.1, 0.15) is 0 Å². The first kappa shape index (κ1) is 13.7. The molecule has 0 bridgehead atoms. The Morgan fingerprint density at radius 1 is 1.53 bits per heavy atom. The molecule has 0 aromatic heterocycles. The third-order valence-electron chi connectivity index (χ3n) is 2.15. The van der Waals surface area contributed by atoms with E-state index in [2.05, 4.69) is 0 Å². The van der Waals surface area contributed by atoms with Crippen LogP contribution in [0.2, 0.25) is 0 Å². The van der Waals surface area contributed by atoms with E-state index in [1.807, 2.05) is 0 Å². The summed E-state index contributed by atoms with van der Waals surface area (Å²) in [5, 5.41) is 19.7. The average Bonchev–Trinajstić information content (AvgIpc) is 2.34. The number of rotatable bonds is 6. The minimum atomic E-state index is -0.539. The van der Waals surface area contributed by atoms with Gasteiger partial charge in [-0.05, 0) is 12.1 Å². The average molecular weight is 255 g/mol. The number of nitro groups is 1. The Labute approximate surface area is 103 Å². The third kappa shape index (κ3) is 3.28. The Bertz CT molecular complexity index is 433.